The summed E-state index contributed by atoms with van der Waals surface area (Å²) in [7, 11) is 3.23. The molecule has 1 aromatic rings. The molecule has 1 aromatic carbocycles. The highest BCUT2D eigenvalue weighted by atomic mass is 35.5. The van der Waals surface area contributed by atoms with Crippen LogP contribution in [-0.2, 0) is 4.74 Å². The number of thiocarbonyl (C=S) groups is 1. The molecule has 0 fully saturated rings. The van der Waals surface area contributed by atoms with Crippen molar-refractivity contribution >= 4 is 34.6 Å². The summed E-state index contributed by atoms with van der Waals surface area (Å²) in [6, 6.07) is 5.29. The van der Waals surface area contributed by atoms with Gasteiger partial charge in [0.05, 0.1) is 19.4 Å². The van der Waals surface area contributed by atoms with Crippen molar-refractivity contribution in [1.82, 2.24) is 5.32 Å². The Labute approximate surface area is 111 Å². The van der Waals surface area contributed by atoms with Gasteiger partial charge in [0, 0.05) is 18.7 Å². The lowest BCUT2D eigenvalue weighted by Gasteiger charge is -2.13. The average Bonchev–Trinajstić information content (AvgIpc) is 2.29. The van der Waals surface area contributed by atoms with E-state index in [1.807, 2.05) is 0 Å². The Morgan fingerprint density at radius 2 is 2.18 bits per heavy atom. The number of hydrogen-bond donors (Lipinski definition) is 2. The van der Waals surface area contributed by atoms with E-state index in [0.717, 1.165) is 5.69 Å². The van der Waals surface area contributed by atoms with Gasteiger partial charge in [-0.1, -0.05) is 11.6 Å². The number of ether oxygens (including phenoxy) is 2. The smallest absolute Gasteiger partial charge is 0.170 e. The molecule has 0 aliphatic heterocycles. The van der Waals surface area contributed by atoms with E-state index >= 15 is 0 Å². The van der Waals surface area contributed by atoms with E-state index in [1.165, 1.54) is 0 Å². The van der Waals surface area contributed by atoms with Crippen LogP contribution in [-0.4, -0.2) is 32.5 Å². The molecule has 6 heteroatoms. The van der Waals surface area contributed by atoms with Crippen LogP contribution in [0.25, 0.3) is 0 Å². The summed E-state index contributed by atoms with van der Waals surface area (Å²) in [4.78, 5) is 0. The molecule has 4 nitrogen and oxygen atoms in total. The molecule has 0 aromatic heterocycles. The Bertz CT molecular complexity index is 388. The molecular formula is C11H15ClN2O2S. The van der Waals surface area contributed by atoms with E-state index in [-0.39, 0.29) is 0 Å². The van der Waals surface area contributed by atoms with Crippen molar-refractivity contribution in [2.24, 2.45) is 0 Å². The van der Waals surface area contributed by atoms with Gasteiger partial charge in [-0.15, -0.1) is 0 Å². The molecule has 0 bridgehead atoms. The zero-order chi connectivity index (χ0) is 12.7. The second-order valence-electron chi connectivity index (χ2n) is 3.22. The van der Waals surface area contributed by atoms with Crippen LogP contribution in [0.4, 0.5) is 5.69 Å². The van der Waals surface area contributed by atoms with Gasteiger partial charge in [-0.3, -0.25) is 0 Å². The first-order chi connectivity index (χ1) is 8.17. The summed E-state index contributed by atoms with van der Waals surface area (Å²) in [5.41, 5.74) is 0.731. The van der Waals surface area contributed by atoms with Crippen LogP contribution in [0.15, 0.2) is 18.2 Å². The zero-order valence-electron chi connectivity index (χ0n) is 9.75. The van der Waals surface area contributed by atoms with Crippen molar-refractivity contribution in [3.05, 3.63) is 23.2 Å². The number of hydrogen-bond acceptors (Lipinski definition) is 3. The van der Waals surface area contributed by atoms with Gasteiger partial charge < -0.3 is 20.1 Å². The Balaban J connectivity index is 2.60. The second-order valence-corrected chi connectivity index (χ2v) is 4.06. The predicted molar refractivity (Wildman–Crippen MR) is 74.1 cm³/mol. The number of benzene rings is 1. The first kappa shape index (κ1) is 14.0. The lowest BCUT2D eigenvalue weighted by atomic mass is 10.3. The Morgan fingerprint density at radius 3 is 2.82 bits per heavy atom. The SMILES string of the molecule is COCCNC(=S)Nc1cc(Cl)ccc1OC. The molecule has 1 rings (SSSR count). The summed E-state index contributed by atoms with van der Waals surface area (Å²) in [5.74, 6) is 0.685. The molecule has 0 radical (unpaired) electrons. The van der Waals surface area contributed by atoms with Crippen molar-refractivity contribution in [1.29, 1.82) is 0 Å². The molecule has 0 aliphatic rings. The summed E-state index contributed by atoms with van der Waals surface area (Å²) >= 11 is 11.0. The van der Waals surface area contributed by atoms with Gasteiger partial charge >= 0.3 is 0 Å². The van der Waals surface area contributed by atoms with E-state index < -0.39 is 0 Å². The van der Waals surface area contributed by atoms with E-state index in [2.05, 4.69) is 10.6 Å². The summed E-state index contributed by atoms with van der Waals surface area (Å²) in [6.07, 6.45) is 0. The highest BCUT2D eigenvalue weighted by molar-refractivity contribution is 7.80. The third-order valence-electron chi connectivity index (χ3n) is 2.00. The number of halogens is 1. The minimum Gasteiger partial charge on any atom is -0.495 e. The van der Waals surface area contributed by atoms with Gasteiger partial charge in [-0.25, -0.2) is 0 Å². The number of anilines is 1. The van der Waals surface area contributed by atoms with Gasteiger partial charge in [0.25, 0.3) is 0 Å². The van der Waals surface area contributed by atoms with Crippen molar-refractivity contribution in [2.75, 3.05) is 32.7 Å². The van der Waals surface area contributed by atoms with Crippen molar-refractivity contribution in [3.63, 3.8) is 0 Å². The molecule has 0 unspecified atom stereocenters. The van der Waals surface area contributed by atoms with Crippen LogP contribution >= 0.6 is 23.8 Å². The number of nitrogens with one attached hydrogen (secondary N) is 2. The Kier molecular flexibility index (Phi) is 6.04. The third-order valence-corrected chi connectivity index (χ3v) is 2.48. The number of rotatable bonds is 5. The summed E-state index contributed by atoms with van der Waals surface area (Å²) < 4.78 is 10.1. The number of methoxy groups -OCH3 is 2. The molecule has 0 amide bonds. The lowest BCUT2D eigenvalue weighted by molar-refractivity contribution is 0.204. The van der Waals surface area contributed by atoms with Gasteiger partial charge in [-0.2, -0.15) is 0 Å². The third kappa shape index (κ3) is 4.77. The molecule has 0 spiro atoms. The van der Waals surface area contributed by atoms with E-state index in [9.17, 15) is 0 Å². The molecular weight excluding hydrogens is 260 g/mol. The molecule has 0 atom stereocenters. The van der Waals surface area contributed by atoms with Crippen LogP contribution < -0.4 is 15.4 Å². The quantitative estimate of drug-likeness (QED) is 0.637. The minimum absolute atomic E-state index is 0.502. The molecule has 2 N–H and O–H groups in total. The van der Waals surface area contributed by atoms with Gasteiger partial charge in [-0.05, 0) is 30.4 Å². The zero-order valence-corrected chi connectivity index (χ0v) is 11.3. The highest BCUT2D eigenvalue weighted by Gasteiger charge is 2.05. The topological polar surface area (TPSA) is 42.5 Å². The van der Waals surface area contributed by atoms with Crippen molar-refractivity contribution in [3.8, 4) is 5.75 Å². The van der Waals surface area contributed by atoms with Crippen molar-refractivity contribution in [2.45, 2.75) is 0 Å². The lowest BCUT2D eigenvalue weighted by Crippen LogP contribution is -2.31. The first-order valence-corrected chi connectivity index (χ1v) is 5.83. The maximum Gasteiger partial charge on any atom is 0.170 e. The van der Waals surface area contributed by atoms with Crippen LogP contribution in [0.2, 0.25) is 5.02 Å². The Morgan fingerprint density at radius 1 is 1.41 bits per heavy atom. The summed E-state index contributed by atoms with van der Waals surface area (Å²) in [5, 5.41) is 7.14. The fourth-order valence-corrected chi connectivity index (χ4v) is 1.60. The first-order valence-electron chi connectivity index (χ1n) is 5.04. The van der Waals surface area contributed by atoms with Crippen molar-refractivity contribution < 1.29 is 9.47 Å². The monoisotopic (exact) mass is 274 g/mol. The standard InChI is InChI=1S/C11H15ClN2O2S/c1-15-6-5-13-11(17)14-9-7-8(12)3-4-10(9)16-2/h3-4,7H,5-6H2,1-2H3,(H2,13,14,17). The molecule has 0 heterocycles. The maximum atomic E-state index is 5.90. The van der Waals surface area contributed by atoms with Gasteiger partial charge in [0.2, 0.25) is 0 Å². The molecule has 0 saturated carbocycles. The largest absolute Gasteiger partial charge is 0.495 e. The van der Waals surface area contributed by atoms with E-state index in [1.54, 1.807) is 32.4 Å². The fraction of sp³-hybridized carbons (Fsp3) is 0.364. The van der Waals surface area contributed by atoms with Crippen LogP contribution in [0.3, 0.4) is 0 Å². The maximum absolute atomic E-state index is 5.90. The normalized spacial score (nSPS) is 9.82. The minimum atomic E-state index is 0.502. The van der Waals surface area contributed by atoms with Crippen LogP contribution in [0.1, 0.15) is 0 Å². The molecule has 0 aliphatic carbocycles. The molecule has 17 heavy (non-hydrogen) atoms. The molecule has 0 saturated heterocycles. The average molecular weight is 275 g/mol. The van der Waals surface area contributed by atoms with Crippen LogP contribution in [0, 0.1) is 0 Å². The summed E-state index contributed by atoms with van der Waals surface area (Å²) in [6.45, 7) is 1.24. The van der Waals surface area contributed by atoms with Gasteiger partial charge in [0.1, 0.15) is 5.75 Å². The van der Waals surface area contributed by atoms with Gasteiger partial charge in [0.15, 0.2) is 5.11 Å². The van der Waals surface area contributed by atoms with E-state index in [4.69, 9.17) is 33.3 Å². The van der Waals surface area contributed by atoms with E-state index in [0.29, 0.717) is 29.0 Å². The predicted octanol–water partition coefficient (Wildman–Crippen LogP) is 2.28. The molecule has 94 valence electrons. The highest BCUT2D eigenvalue weighted by Crippen LogP contribution is 2.27. The van der Waals surface area contributed by atoms with Crippen LogP contribution in [0.5, 0.6) is 5.75 Å². The Hall–Kier alpha value is -1.04. The fourth-order valence-electron chi connectivity index (χ4n) is 1.21. The second kappa shape index (κ2) is 7.32.